The molecule has 0 fully saturated rings. The molecule has 2 amide bonds. The summed E-state index contributed by atoms with van der Waals surface area (Å²) in [5, 5.41) is 3.44. The van der Waals surface area contributed by atoms with Crippen LogP contribution in [-0.4, -0.2) is 23.8 Å². The fourth-order valence-corrected chi connectivity index (χ4v) is 3.66. The third-order valence-electron chi connectivity index (χ3n) is 3.84. The predicted octanol–water partition coefficient (Wildman–Crippen LogP) is 3.67. The number of carbonyl (C=O) groups excluding carboxylic acids is 2. The zero-order chi connectivity index (χ0) is 17.4. The van der Waals surface area contributed by atoms with E-state index in [1.165, 1.54) is 18.0 Å². The molecule has 7 heteroatoms. The monoisotopic (exact) mass is 351 g/mol. The Bertz CT molecular complexity index is 969. The van der Waals surface area contributed by atoms with E-state index < -0.39 is 0 Å². The van der Waals surface area contributed by atoms with Gasteiger partial charge in [-0.2, -0.15) is 0 Å². The summed E-state index contributed by atoms with van der Waals surface area (Å²) in [7, 11) is 1.73. The van der Waals surface area contributed by atoms with Crippen molar-refractivity contribution >= 4 is 35.0 Å². The Kier molecular flexibility index (Phi) is 3.77. The molecule has 3 aromatic rings. The molecule has 0 unspecified atom stereocenters. The summed E-state index contributed by atoms with van der Waals surface area (Å²) in [5.74, 6) is -0.199. The maximum absolute atomic E-state index is 12.6. The molecule has 2 aromatic heterocycles. The van der Waals surface area contributed by atoms with Gasteiger partial charge in [0.1, 0.15) is 5.03 Å². The van der Waals surface area contributed by atoms with Crippen LogP contribution >= 0.6 is 11.8 Å². The van der Waals surface area contributed by atoms with Crippen LogP contribution in [0, 0.1) is 0 Å². The number of nitrogens with zero attached hydrogens (tertiary/aromatic N) is 2. The van der Waals surface area contributed by atoms with Gasteiger partial charge in [0, 0.05) is 23.8 Å². The zero-order valence-corrected chi connectivity index (χ0v) is 14.0. The van der Waals surface area contributed by atoms with E-state index in [0.717, 1.165) is 10.6 Å². The molecule has 3 heterocycles. The van der Waals surface area contributed by atoms with Gasteiger partial charge in [-0.3, -0.25) is 9.59 Å². The van der Waals surface area contributed by atoms with Gasteiger partial charge in [0.15, 0.2) is 5.76 Å². The lowest BCUT2D eigenvalue weighted by Gasteiger charge is -2.17. The molecule has 1 aromatic carbocycles. The Hall–Kier alpha value is -3.06. The first-order valence-corrected chi connectivity index (χ1v) is 8.35. The Morgan fingerprint density at radius 1 is 1.24 bits per heavy atom. The van der Waals surface area contributed by atoms with E-state index >= 15 is 0 Å². The maximum Gasteiger partial charge on any atom is 0.291 e. The number of amides is 2. The SMILES string of the molecule is CN1C(=O)c2cccnc2Sc2cc(NC(=O)c3ccco3)ccc21. The highest BCUT2D eigenvalue weighted by Crippen LogP contribution is 2.41. The van der Waals surface area contributed by atoms with E-state index in [2.05, 4.69) is 10.3 Å². The third-order valence-corrected chi connectivity index (χ3v) is 4.90. The smallest absolute Gasteiger partial charge is 0.291 e. The molecular formula is C18H13N3O3S. The second-order valence-electron chi connectivity index (χ2n) is 5.44. The van der Waals surface area contributed by atoms with Crippen LogP contribution in [-0.2, 0) is 0 Å². The largest absolute Gasteiger partial charge is 0.459 e. The van der Waals surface area contributed by atoms with Crippen molar-refractivity contribution in [3.05, 3.63) is 66.2 Å². The molecule has 1 N–H and O–H groups in total. The number of hydrogen-bond donors (Lipinski definition) is 1. The molecule has 0 spiro atoms. The number of carbonyl (C=O) groups is 2. The summed E-state index contributed by atoms with van der Waals surface area (Å²) in [5.41, 5.74) is 1.95. The van der Waals surface area contributed by atoms with E-state index in [0.29, 0.717) is 16.3 Å². The first-order valence-electron chi connectivity index (χ1n) is 7.53. The highest BCUT2D eigenvalue weighted by Gasteiger charge is 2.25. The van der Waals surface area contributed by atoms with E-state index in [1.54, 1.807) is 48.5 Å². The normalized spacial score (nSPS) is 13.0. The molecule has 124 valence electrons. The minimum atomic E-state index is -0.327. The van der Waals surface area contributed by atoms with E-state index in [1.807, 2.05) is 12.1 Å². The summed E-state index contributed by atoms with van der Waals surface area (Å²) < 4.78 is 5.10. The second-order valence-corrected chi connectivity index (χ2v) is 6.47. The molecule has 0 radical (unpaired) electrons. The van der Waals surface area contributed by atoms with E-state index in [-0.39, 0.29) is 17.6 Å². The Labute approximate surface area is 147 Å². The van der Waals surface area contributed by atoms with Gasteiger partial charge in [-0.05, 0) is 42.5 Å². The van der Waals surface area contributed by atoms with E-state index in [9.17, 15) is 9.59 Å². The second kappa shape index (κ2) is 6.10. The van der Waals surface area contributed by atoms with Crippen molar-refractivity contribution in [2.24, 2.45) is 0 Å². The van der Waals surface area contributed by atoms with Crippen molar-refractivity contribution in [3.63, 3.8) is 0 Å². The molecule has 25 heavy (non-hydrogen) atoms. The van der Waals surface area contributed by atoms with Crippen LogP contribution in [0.5, 0.6) is 0 Å². The number of rotatable bonds is 2. The number of pyridine rings is 1. The number of furan rings is 1. The highest BCUT2D eigenvalue weighted by atomic mass is 32.2. The van der Waals surface area contributed by atoms with Crippen molar-refractivity contribution in [1.82, 2.24) is 4.98 Å². The Morgan fingerprint density at radius 3 is 2.92 bits per heavy atom. The third kappa shape index (κ3) is 2.78. The maximum atomic E-state index is 12.6. The van der Waals surface area contributed by atoms with Gasteiger partial charge in [-0.25, -0.2) is 4.98 Å². The Morgan fingerprint density at radius 2 is 2.12 bits per heavy atom. The fraction of sp³-hybridized carbons (Fsp3) is 0.0556. The summed E-state index contributed by atoms with van der Waals surface area (Å²) in [6.45, 7) is 0. The van der Waals surface area contributed by atoms with Crippen LogP contribution < -0.4 is 10.2 Å². The zero-order valence-electron chi connectivity index (χ0n) is 13.2. The number of fused-ring (bicyclic) bond motifs is 2. The molecule has 0 bridgehead atoms. The van der Waals surface area contributed by atoms with Gasteiger partial charge in [-0.1, -0.05) is 11.8 Å². The first-order chi connectivity index (χ1) is 12.1. The number of aromatic nitrogens is 1. The first kappa shape index (κ1) is 15.5. The quantitative estimate of drug-likeness (QED) is 0.762. The molecule has 0 aliphatic carbocycles. The number of hydrogen-bond acceptors (Lipinski definition) is 5. The van der Waals surface area contributed by atoms with Crippen LogP contribution in [0.15, 0.2) is 69.3 Å². The summed E-state index contributed by atoms with van der Waals surface area (Å²) in [6.07, 6.45) is 3.11. The topological polar surface area (TPSA) is 75.4 Å². The highest BCUT2D eigenvalue weighted by molar-refractivity contribution is 7.99. The van der Waals surface area contributed by atoms with Crippen molar-refractivity contribution in [1.29, 1.82) is 0 Å². The van der Waals surface area contributed by atoms with Crippen molar-refractivity contribution in [2.75, 3.05) is 17.3 Å². The lowest BCUT2D eigenvalue weighted by Crippen LogP contribution is -2.26. The Balaban J connectivity index is 1.70. The molecular weight excluding hydrogens is 338 g/mol. The van der Waals surface area contributed by atoms with E-state index in [4.69, 9.17) is 4.42 Å². The molecule has 0 saturated heterocycles. The molecule has 0 saturated carbocycles. The average Bonchev–Trinajstić information content (AvgIpc) is 3.13. The van der Waals surface area contributed by atoms with Crippen molar-refractivity contribution < 1.29 is 14.0 Å². The lowest BCUT2D eigenvalue weighted by molar-refractivity contribution is 0.0984. The lowest BCUT2D eigenvalue weighted by atomic mass is 10.2. The van der Waals surface area contributed by atoms with Crippen LogP contribution in [0.25, 0.3) is 0 Å². The van der Waals surface area contributed by atoms with Gasteiger partial charge in [0.2, 0.25) is 0 Å². The van der Waals surface area contributed by atoms with Crippen molar-refractivity contribution in [3.8, 4) is 0 Å². The standard InChI is InChI=1S/C18H13N3O3S/c1-21-13-7-6-11(20-16(22)14-5-3-9-24-14)10-15(13)25-17-12(18(21)23)4-2-8-19-17/h2-10H,1H3,(H,20,22). The minimum Gasteiger partial charge on any atom is -0.459 e. The van der Waals surface area contributed by atoms with Gasteiger partial charge in [0.25, 0.3) is 11.8 Å². The van der Waals surface area contributed by atoms with Crippen molar-refractivity contribution in [2.45, 2.75) is 9.92 Å². The molecule has 1 aliphatic heterocycles. The molecule has 1 aliphatic rings. The number of benzene rings is 1. The fourth-order valence-electron chi connectivity index (χ4n) is 2.58. The van der Waals surface area contributed by atoms with Gasteiger partial charge in [0.05, 0.1) is 17.5 Å². The summed E-state index contributed by atoms with van der Waals surface area (Å²) in [4.78, 5) is 31.5. The summed E-state index contributed by atoms with van der Waals surface area (Å²) in [6, 6.07) is 12.2. The minimum absolute atomic E-state index is 0.110. The molecule has 0 atom stereocenters. The average molecular weight is 351 g/mol. The number of anilines is 2. The van der Waals surface area contributed by atoms with Gasteiger partial charge < -0.3 is 14.6 Å². The van der Waals surface area contributed by atoms with Gasteiger partial charge >= 0.3 is 0 Å². The predicted molar refractivity (Wildman–Crippen MR) is 94.2 cm³/mol. The molecule has 4 rings (SSSR count). The number of nitrogens with one attached hydrogen (secondary N) is 1. The van der Waals surface area contributed by atoms with Crippen LogP contribution in [0.1, 0.15) is 20.9 Å². The molecule has 6 nitrogen and oxygen atoms in total. The summed E-state index contributed by atoms with van der Waals surface area (Å²) >= 11 is 1.40. The van der Waals surface area contributed by atoms with Gasteiger partial charge in [-0.15, -0.1) is 0 Å². The van der Waals surface area contributed by atoms with Crippen LogP contribution in [0.3, 0.4) is 0 Å². The van der Waals surface area contributed by atoms with Crippen LogP contribution in [0.4, 0.5) is 11.4 Å². The van der Waals surface area contributed by atoms with Crippen LogP contribution in [0.2, 0.25) is 0 Å².